The summed E-state index contributed by atoms with van der Waals surface area (Å²) >= 11 is 0. The molecule has 1 nitrogen and oxygen atoms in total. The molecule has 7 rings (SSSR count). The maximum Gasteiger partial charge on any atom is 0.0237 e. The molecular formula is C35H33N. The van der Waals surface area contributed by atoms with Crippen molar-refractivity contribution in [3.05, 3.63) is 125 Å². The second-order valence-corrected chi connectivity index (χ2v) is 11.3. The van der Waals surface area contributed by atoms with Crippen molar-refractivity contribution in [1.82, 2.24) is 5.32 Å². The largest absolute Gasteiger partial charge is 0.362 e. The second-order valence-electron chi connectivity index (χ2n) is 11.3. The molecule has 1 N–H and O–H groups in total. The van der Waals surface area contributed by atoms with Gasteiger partial charge in [-0.15, -0.1) is 0 Å². The van der Waals surface area contributed by atoms with Gasteiger partial charge in [0.2, 0.25) is 0 Å². The van der Waals surface area contributed by atoms with Crippen LogP contribution in [0.4, 0.5) is 0 Å². The topological polar surface area (TPSA) is 12.0 Å². The minimum absolute atomic E-state index is 0.00872. The van der Waals surface area contributed by atoms with E-state index in [1.165, 1.54) is 56.1 Å². The first-order valence-electron chi connectivity index (χ1n) is 13.5. The smallest absolute Gasteiger partial charge is 0.0237 e. The van der Waals surface area contributed by atoms with Crippen LogP contribution in [0.1, 0.15) is 57.1 Å². The van der Waals surface area contributed by atoms with Crippen LogP contribution in [0.2, 0.25) is 0 Å². The molecule has 0 bridgehead atoms. The Morgan fingerprint density at radius 1 is 0.806 bits per heavy atom. The third-order valence-electron chi connectivity index (χ3n) is 8.76. The van der Waals surface area contributed by atoms with Crippen molar-refractivity contribution >= 4 is 27.1 Å². The third-order valence-corrected chi connectivity index (χ3v) is 8.76. The van der Waals surface area contributed by atoms with Gasteiger partial charge in [0.05, 0.1) is 0 Å². The van der Waals surface area contributed by atoms with Crippen LogP contribution >= 0.6 is 0 Å². The van der Waals surface area contributed by atoms with Crippen molar-refractivity contribution in [3.63, 3.8) is 0 Å². The summed E-state index contributed by atoms with van der Waals surface area (Å²) in [6.07, 6.45) is 21.8. The van der Waals surface area contributed by atoms with Gasteiger partial charge in [-0.3, -0.25) is 0 Å². The summed E-state index contributed by atoms with van der Waals surface area (Å²) in [5.41, 5.74) is 10.3. The van der Waals surface area contributed by atoms with Gasteiger partial charge in [0.15, 0.2) is 0 Å². The zero-order valence-electron chi connectivity index (χ0n) is 21.3. The van der Waals surface area contributed by atoms with Crippen molar-refractivity contribution in [3.8, 4) is 0 Å². The van der Waals surface area contributed by atoms with E-state index in [4.69, 9.17) is 0 Å². The Balaban J connectivity index is 1.25. The molecule has 4 aliphatic carbocycles. The molecule has 0 saturated carbocycles. The lowest BCUT2D eigenvalue weighted by molar-refractivity contribution is 0.616. The minimum atomic E-state index is 0.00872. The average molecular weight is 468 g/mol. The van der Waals surface area contributed by atoms with E-state index >= 15 is 0 Å². The van der Waals surface area contributed by atoms with E-state index in [1.54, 1.807) is 11.1 Å². The van der Waals surface area contributed by atoms with Gasteiger partial charge in [0, 0.05) is 22.7 Å². The highest BCUT2D eigenvalue weighted by atomic mass is 14.9. The number of hydrogen-bond donors (Lipinski definition) is 1. The molecule has 0 aliphatic heterocycles. The molecule has 0 aromatic heterocycles. The summed E-state index contributed by atoms with van der Waals surface area (Å²) in [5.74, 6) is 0.476. The zero-order chi connectivity index (χ0) is 24.3. The van der Waals surface area contributed by atoms with E-state index in [0.29, 0.717) is 5.92 Å². The summed E-state index contributed by atoms with van der Waals surface area (Å²) in [5, 5.41) is 9.24. The molecule has 0 spiro atoms. The molecule has 1 heteroatoms. The van der Waals surface area contributed by atoms with Crippen LogP contribution < -0.4 is 5.32 Å². The average Bonchev–Trinajstić information content (AvgIpc) is 3.12. The first-order chi connectivity index (χ1) is 17.6. The molecule has 3 aromatic carbocycles. The lowest BCUT2D eigenvalue weighted by Crippen LogP contribution is -2.25. The number of rotatable bonds is 3. The van der Waals surface area contributed by atoms with Gasteiger partial charge >= 0.3 is 0 Å². The molecule has 3 aromatic rings. The molecule has 0 radical (unpaired) electrons. The lowest BCUT2D eigenvalue weighted by Gasteiger charge is -2.30. The highest BCUT2D eigenvalue weighted by molar-refractivity contribution is 6.01. The van der Waals surface area contributed by atoms with Crippen LogP contribution in [-0.2, 0) is 5.41 Å². The van der Waals surface area contributed by atoms with E-state index in [0.717, 1.165) is 25.7 Å². The van der Waals surface area contributed by atoms with E-state index in [-0.39, 0.29) is 5.41 Å². The monoisotopic (exact) mass is 467 g/mol. The van der Waals surface area contributed by atoms with Gasteiger partial charge < -0.3 is 5.32 Å². The number of benzene rings is 3. The van der Waals surface area contributed by atoms with Gasteiger partial charge in [-0.05, 0) is 112 Å². The summed E-state index contributed by atoms with van der Waals surface area (Å²) in [4.78, 5) is 0. The van der Waals surface area contributed by atoms with Crippen molar-refractivity contribution in [2.45, 2.75) is 51.4 Å². The van der Waals surface area contributed by atoms with Crippen LogP contribution in [0.15, 0.2) is 114 Å². The molecule has 0 amide bonds. The van der Waals surface area contributed by atoms with E-state index < -0.39 is 0 Å². The van der Waals surface area contributed by atoms with Crippen molar-refractivity contribution in [2.75, 3.05) is 0 Å². The maximum atomic E-state index is 3.91. The van der Waals surface area contributed by atoms with Crippen LogP contribution in [0.25, 0.3) is 27.1 Å². The molecule has 1 atom stereocenters. The number of allylic oxidation sites excluding steroid dienone is 11. The highest BCUT2D eigenvalue weighted by Gasteiger charge is 2.38. The molecule has 36 heavy (non-hydrogen) atoms. The first kappa shape index (κ1) is 21.7. The Hall–Kier alpha value is -3.58. The molecule has 0 fully saturated rings. The predicted octanol–water partition coefficient (Wildman–Crippen LogP) is 9.04. The van der Waals surface area contributed by atoms with Crippen molar-refractivity contribution < 1.29 is 0 Å². The van der Waals surface area contributed by atoms with E-state index in [1.807, 2.05) is 0 Å². The van der Waals surface area contributed by atoms with Gasteiger partial charge in [-0.25, -0.2) is 0 Å². The standard InChI is InChI=1S/C35H33N/c1-35(2)32-21-27-19-25-13-7-6-12-24(25)18-26(27)20-31(32)30-17-16-28(22-33(30)35)36-34-15-9-8-14-29(34)23-10-4-3-5-11-23/h3-4,6-10,12-13,15,18-22,29,36H,5,11,14,16-17H2,1-2H3. The highest BCUT2D eigenvalue weighted by Crippen LogP contribution is 2.52. The number of nitrogens with one attached hydrogen (secondary N) is 1. The zero-order valence-corrected chi connectivity index (χ0v) is 21.3. The lowest BCUT2D eigenvalue weighted by atomic mass is 9.79. The predicted molar refractivity (Wildman–Crippen MR) is 154 cm³/mol. The van der Waals surface area contributed by atoms with E-state index in [2.05, 4.69) is 110 Å². The Morgan fingerprint density at radius 2 is 1.58 bits per heavy atom. The molecule has 178 valence electrons. The molecule has 1 unspecified atom stereocenters. The van der Waals surface area contributed by atoms with Gasteiger partial charge in [0.1, 0.15) is 0 Å². The third kappa shape index (κ3) is 3.45. The fraction of sp³-hybridized carbons (Fsp3) is 0.257. The SMILES string of the molecule is CC1(C)C2=C(CCC(NC3=CC=CCC3C3=CC=CCC3)=C2)c2cc3cc4ccccc4cc3cc21. The Morgan fingerprint density at radius 3 is 2.36 bits per heavy atom. The normalized spacial score (nSPS) is 22.3. The van der Waals surface area contributed by atoms with Gasteiger partial charge in [0.25, 0.3) is 0 Å². The summed E-state index contributed by atoms with van der Waals surface area (Å²) < 4.78 is 0. The molecular weight excluding hydrogens is 434 g/mol. The van der Waals surface area contributed by atoms with Crippen molar-refractivity contribution in [2.24, 2.45) is 5.92 Å². The van der Waals surface area contributed by atoms with Gasteiger partial charge in [-0.2, -0.15) is 0 Å². The summed E-state index contributed by atoms with van der Waals surface area (Å²) in [6.45, 7) is 4.82. The van der Waals surface area contributed by atoms with Crippen LogP contribution in [0.5, 0.6) is 0 Å². The Labute approximate surface area is 214 Å². The fourth-order valence-electron chi connectivity index (χ4n) is 6.77. The van der Waals surface area contributed by atoms with E-state index in [9.17, 15) is 0 Å². The second kappa shape index (κ2) is 8.23. The number of hydrogen-bond acceptors (Lipinski definition) is 1. The van der Waals surface area contributed by atoms with Crippen LogP contribution in [0.3, 0.4) is 0 Å². The number of fused-ring (bicyclic) bond motifs is 4. The quantitative estimate of drug-likeness (QED) is 0.379. The van der Waals surface area contributed by atoms with Crippen LogP contribution in [-0.4, -0.2) is 0 Å². The molecule has 0 saturated heterocycles. The molecule has 4 aliphatic rings. The Bertz CT molecular complexity index is 1600. The molecule has 0 heterocycles. The minimum Gasteiger partial charge on any atom is -0.362 e. The first-order valence-corrected chi connectivity index (χ1v) is 13.5. The Kier molecular flexibility index (Phi) is 4.96. The maximum absolute atomic E-state index is 3.91. The summed E-state index contributed by atoms with van der Waals surface area (Å²) in [7, 11) is 0. The van der Waals surface area contributed by atoms with Gasteiger partial charge in [-0.1, -0.05) is 74.1 Å². The van der Waals surface area contributed by atoms with Crippen molar-refractivity contribution in [1.29, 1.82) is 0 Å². The fourth-order valence-corrected chi connectivity index (χ4v) is 6.77. The van der Waals surface area contributed by atoms with Crippen LogP contribution in [0, 0.1) is 5.92 Å². The summed E-state index contributed by atoms with van der Waals surface area (Å²) in [6, 6.07) is 18.4.